The van der Waals surface area contributed by atoms with E-state index in [4.69, 9.17) is 16.3 Å². The molecule has 7 nitrogen and oxygen atoms in total. The maximum atomic E-state index is 12.6. The Morgan fingerprint density at radius 2 is 2.11 bits per heavy atom. The summed E-state index contributed by atoms with van der Waals surface area (Å²) >= 11 is 7.74. The van der Waals surface area contributed by atoms with Gasteiger partial charge in [0.2, 0.25) is 0 Å². The van der Waals surface area contributed by atoms with E-state index in [1.165, 1.54) is 21.8 Å². The number of anilines is 1. The number of morpholine rings is 1. The normalized spacial score (nSPS) is 14.5. The fraction of sp³-hybridized carbons (Fsp3) is 0.278. The summed E-state index contributed by atoms with van der Waals surface area (Å²) in [4.78, 5) is 31.4. The Morgan fingerprint density at radius 3 is 2.89 bits per heavy atom. The summed E-state index contributed by atoms with van der Waals surface area (Å²) in [5, 5.41) is 5.41. The Bertz CT molecular complexity index is 1040. The second-order valence-electron chi connectivity index (χ2n) is 6.09. The molecule has 0 unspecified atom stereocenters. The van der Waals surface area contributed by atoms with Crippen molar-refractivity contribution < 1.29 is 9.53 Å². The SMILES string of the molecule is O=C(c1ccc(NCc2cc(=O)n3ccsc3n2)cc1Cl)N1CCOCC1. The van der Waals surface area contributed by atoms with E-state index in [0.29, 0.717) is 54.1 Å². The van der Waals surface area contributed by atoms with Gasteiger partial charge in [0.15, 0.2) is 4.96 Å². The number of aromatic nitrogens is 2. The summed E-state index contributed by atoms with van der Waals surface area (Å²) in [6.07, 6.45) is 1.70. The van der Waals surface area contributed by atoms with Crippen LogP contribution in [0.25, 0.3) is 4.96 Å². The molecular formula is C18H17ClN4O3S. The van der Waals surface area contributed by atoms with Crippen LogP contribution in [0.1, 0.15) is 16.1 Å². The lowest BCUT2D eigenvalue weighted by Gasteiger charge is -2.27. The lowest BCUT2D eigenvalue weighted by Crippen LogP contribution is -2.40. The molecule has 1 aliphatic heterocycles. The molecular weight excluding hydrogens is 388 g/mol. The fourth-order valence-electron chi connectivity index (χ4n) is 2.91. The maximum Gasteiger partial charge on any atom is 0.258 e. The van der Waals surface area contributed by atoms with E-state index >= 15 is 0 Å². The number of carbonyl (C=O) groups is 1. The zero-order valence-electron chi connectivity index (χ0n) is 14.4. The minimum absolute atomic E-state index is 0.0901. The quantitative estimate of drug-likeness (QED) is 0.723. The molecule has 0 atom stereocenters. The van der Waals surface area contributed by atoms with Gasteiger partial charge in [-0.15, -0.1) is 11.3 Å². The maximum absolute atomic E-state index is 12.6. The number of thiazole rings is 1. The van der Waals surface area contributed by atoms with E-state index < -0.39 is 0 Å². The minimum Gasteiger partial charge on any atom is -0.379 e. The number of nitrogens with zero attached hydrogens (tertiary/aromatic N) is 3. The van der Waals surface area contributed by atoms with E-state index in [-0.39, 0.29) is 11.5 Å². The topological polar surface area (TPSA) is 75.9 Å². The Morgan fingerprint density at radius 1 is 1.30 bits per heavy atom. The lowest BCUT2D eigenvalue weighted by atomic mass is 10.1. The standard InChI is InChI=1S/C18H17ClN4O3S/c19-15-9-12(1-2-14(15)17(25)22-3-6-26-7-4-22)20-11-13-10-16(24)23-5-8-27-18(23)21-13/h1-2,5,8-10,20H,3-4,6-7,11H2. The van der Waals surface area contributed by atoms with Crippen molar-refractivity contribution in [2.75, 3.05) is 31.6 Å². The molecule has 0 bridgehead atoms. The van der Waals surface area contributed by atoms with Gasteiger partial charge < -0.3 is 15.0 Å². The molecule has 0 radical (unpaired) electrons. The number of nitrogens with one attached hydrogen (secondary N) is 1. The monoisotopic (exact) mass is 404 g/mol. The zero-order chi connectivity index (χ0) is 18.8. The Labute approximate surface area is 164 Å². The van der Waals surface area contributed by atoms with Crippen LogP contribution in [0.2, 0.25) is 5.02 Å². The summed E-state index contributed by atoms with van der Waals surface area (Å²) in [5.74, 6) is -0.0901. The number of ether oxygens (including phenoxy) is 1. The molecule has 9 heteroatoms. The highest BCUT2D eigenvalue weighted by Gasteiger charge is 2.20. The number of fused-ring (bicyclic) bond motifs is 1. The second-order valence-corrected chi connectivity index (χ2v) is 7.37. The van der Waals surface area contributed by atoms with E-state index in [0.717, 1.165) is 5.69 Å². The van der Waals surface area contributed by atoms with Crippen LogP contribution in [0.3, 0.4) is 0 Å². The number of hydrogen-bond donors (Lipinski definition) is 1. The second kappa shape index (κ2) is 7.67. The minimum atomic E-state index is -0.109. The average molecular weight is 405 g/mol. The number of halogens is 1. The third kappa shape index (κ3) is 3.83. The third-order valence-corrected chi connectivity index (χ3v) is 5.40. The van der Waals surface area contributed by atoms with Gasteiger partial charge in [-0.2, -0.15) is 0 Å². The number of carbonyl (C=O) groups excluding carboxylic acids is 1. The summed E-state index contributed by atoms with van der Waals surface area (Å²) in [6.45, 7) is 2.62. The van der Waals surface area contributed by atoms with Crippen LogP contribution in [0.5, 0.6) is 0 Å². The molecule has 1 fully saturated rings. The van der Waals surface area contributed by atoms with Gasteiger partial charge in [-0.1, -0.05) is 11.6 Å². The van der Waals surface area contributed by atoms with Crippen molar-refractivity contribution in [2.45, 2.75) is 6.54 Å². The van der Waals surface area contributed by atoms with Crippen molar-refractivity contribution in [3.05, 3.63) is 62.5 Å². The molecule has 3 aromatic rings. The lowest BCUT2D eigenvalue weighted by molar-refractivity contribution is 0.0303. The molecule has 1 amide bonds. The first-order valence-electron chi connectivity index (χ1n) is 8.48. The van der Waals surface area contributed by atoms with Gasteiger partial charge in [0.25, 0.3) is 11.5 Å². The molecule has 0 spiro atoms. The van der Waals surface area contributed by atoms with Crippen LogP contribution in [0, 0.1) is 0 Å². The molecule has 2 aromatic heterocycles. The predicted molar refractivity (Wildman–Crippen MR) is 105 cm³/mol. The average Bonchev–Trinajstić information content (AvgIpc) is 3.16. The number of amides is 1. The number of benzene rings is 1. The molecule has 0 aliphatic carbocycles. The highest BCUT2D eigenvalue weighted by atomic mass is 35.5. The largest absolute Gasteiger partial charge is 0.379 e. The van der Waals surface area contributed by atoms with E-state index in [1.54, 1.807) is 29.3 Å². The third-order valence-electron chi connectivity index (χ3n) is 4.33. The van der Waals surface area contributed by atoms with Crippen molar-refractivity contribution in [3.8, 4) is 0 Å². The van der Waals surface area contributed by atoms with Gasteiger partial charge >= 0.3 is 0 Å². The molecule has 140 valence electrons. The Hall–Kier alpha value is -2.42. The summed E-state index contributed by atoms with van der Waals surface area (Å²) in [6, 6.07) is 6.74. The van der Waals surface area contributed by atoms with Crippen LogP contribution < -0.4 is 10.9 Å². The number of rotatable bonds is 4. The highest BCUT2D eigenvalue weighted by Crippen LogP contribution is 2.23. The Kier molecular flexibility index (Phi) is 5.11. The van der Waals surface area contributed by atoms with E-state index in [1.807, 2.05) is 5.38 Å². The smallest absolute Gasteiger partial charge is 0.258 e. The van der Waals surface area contributed by atoms with Crippen LogP contribution >= 0.6 is 22.9 Å². The van der Waals surface area contributed by atoms with Gasteiger partial charge in [0.05, 0.1) is 36.0 Å². The van der Waals surface area contributed by atoms with Gasteiger partial charge in [-0.3, -0.25) is 14.0 Å². The summed E-state index contributed by atoms with van der Waals surface area (Å²) < 4.78 is 6.78. The summed E-state index contributed by atoms with van der Waals surface area (Å²) in [7, 11) is 0. The summed E-state index contributed by atoms with van der Waals surface area (Å²) in [5.41, 5.74) is 1.77. The molecule has 1 aliphatic rings. The first kappa shape index (κ1) is 18.0. The van der Waals surface area contributed by atoms with Crippen LogP contribution in [0.15, 0.2) is 40.6 Å². The molecule has 1 saturated heterocycles. The van der Waals surface area contributed by atoms with Crippen LogP contribution in [0.4, 0.5) is 5.69 Å². The predicted octanol–water partition coefficient (Wildman–Crippen LogP) is 2.49. The van der Waals surface area contributed by atoms with Gasteiger partial charge in [0.1, 0.15) is 0 Å². The zero-order valence-corrected chi connectivity index (χ0v) is 15.9. The first-order chi connectivity index (χ1) is 13.1. The molecule has 1 aromatic carbocycles. The van der Waals surface area contributed by atoms with Gasteiger partial charge in [-0.05, 0) is 18.2 Å². The van der Waals surface area contributed by atoms with Gasteiger partial charge in [-0.25, -0.2) is 4.98 Å². The van der Waals surface area contributed by atoms with E-state index in [2.05, 4.69) is 10.3 Å². The molecule has 1 N–H and O–H groups in total. The van der Waals surface area contributed by atoms with Crippen molar-refractivity contribution in [3.63, 3.8) is 0 Å². The van der Waals surface area contributed by atoms with Crippen molar-refractivity contribution in [1.29, 1.82) is 0 Å². The first-order valence-corrected chi connectivity index (χ1v) is 9.74. The molecule has 0 saturated carbocycles. The van der Waals surface area contributed by atoms with Crippen LogP contribution in [-0.2, 0) is 11.3 Å². The van der Waals surface area contributed by atoms with E-state index in [9.17, 15) is 9.59 Å². The fourth-order valence-corrected chi connectivity index (χ4v) is 3.91. The van der Waals surface area contributed by atoms with Crippen LogP contribution in [-0.4, -0.2) is 46.5 Å². The molecule has 27 heavy (non-hydrogen) atoms. The highest BCUT2D eigenvalue weighted by molar-refractivity contribution is 7.15. The van der Waals surface area contributed by atoms with Crippen molar-refractivity contribution in [2.24, 2.45) is 0 Å². The Balaban J connectivity index is 1.47. The van der Waals surface area contributed by atoms with Crippen molar-refractivity contribution in [1.82, 2.24) is 14.3 Å². The molecule has 4 rings (SSSR count). The van der Waals surface area contributed by atoms with Crippen molar-refractivity contribution >= 4 is 39.5 Å². The molecule has 3 heterocycles. The van der Waals surface area contributed by atoms with Gasteiger partial charge in [0, 0.05) is 36.4 Å². The number of hydrogen-bond acceptors (Lipinski definition) is 6.